The molecule has 0 aromatic carbocycles. The van der Waals surface area contributed by atoms with E-state index in [1.54, 1.807) is 11.2 Å². The maximum absolute atomic E-state index is 13.3. The number of nitrogens with zero attached hydrogens (tertiary/aromatic N) is 5. The Morgan fingerprint density at radius 3 is 2.76 bits per heavy atom. The largest absolute Gasteiger partial charge is 0.378 e. The van der Waals surface area contributed by atoms with Gasteiger partial charge in [-0.3, -0.25) is 14.7 Å². The summed E-state index contributed by atoms with van der Waals surface area (Å²) in [5.74, 6) is -0.393. The van der Waals surface area contributed by atoms with Gasteiger partial charge in [0.25, 0.3) is 5.91 Å². The number of carbonyl (C=O) groups is 2. The third kappa shape index (κ3) is 3.23. The highest BCUT2D eigenvalue weighted by Gasteiger charge is 2.44. The number of morpholine rings is 1. The Bertz CT molecular complexity index is 929. The van der Waals surface area contributed by atoms with Crippen molar-refractivity contribution in [1.82, 2.24) is 29.5 Å². The van der Waals surface area contributed by atoms with Gasteiger partial charge < -0.3 is 19.1 Å². The molecule has 0 bridgehead atoms. The van der Waals surface area contributed by atoms with Gasteiger partial charge in [-0.1, -0.05) is 0 Å². The van der Waals surface area contributed by atoms with Gasteiger partial charge >= 0.3 is 0 Å². The van der Waals surface area contributed by atoms with E-state index in [2.05, 4.69) is 15.2 Å². The van der Waals surface area contributed by atoms with Crippen molar-refractivity contribution in [3.63, 3.8) is 0 Å². The number of aryl methyl sites for hydroxylation is 2. The number of rotatable bonds is 3. The molecule has 1 N–H and O–H groups in total. The minimum atomic E-state index is -0.293. The summed E-state index contributed by atoms with van der Waals surface area (Å²) in [6.07, 6.45) is 6.59. The highest BCUT2D eigenvalue weighted by Crippen LogP contribution is 2.35. The molecule has 154 valence electrons. The van der Waals surface area contributed by atoms with Crippen LogP contribution in [0.5, 0.6) is 0 Å². The third-order valence-corrected chi connectivity index (χ3v) is 6.36. The van der Waals surface area contributed by atoms with Crippen LogP contribution in [0.1, 0.15) is 39.8 Å². The summed E-state index contributed by atoms with van der Waals surface area (Å²) in [6.45, 7) is 3.22. The molecule has 2 aromatic rings. The standard InChI is InChI=1S/C20H26N6O3/c1-24-11-17(21-12-24)14-9-26(10-15(14)19(27)25-5-7-29-8-6-25)20(28)18-13-3-2-4-16(13)22-23-18/h11-12,14-15H,2-10H2,1H3,(H,22,23)/t14-,15-/m1/s1. The Morgan fingerprint density at radius 1 is 1.17 bits per heavy atom. The van der Waals surface area contributed by atoms with Crippen molar-refractivity contribution in [2.75, 3.05) is 39.4 Å². The van der Waals surface area contributed by atoms with E-state index in [-0.39, 0.29) is 23.7 Å². The molecule has 0 spiro atoms. The van der Waals surface area contributed by atoms with Crippen LogP contribution in [0.4, 0.5) is 0 Å². The lowest BCUT2D eigenvalue weighted by Gasteiger charge is -2.30. The number of nitrogens with one attached hydrogen (secondary N) is 1. The molecule has 0 saturated carbocycles. The van der Waals surface area contributed by atoms with Crippen molar-refractivity contribution in [3.8, 4) is 0 Å². The molecule has 0 unspecified atom stereocenters. The topological polar surface area (TPSA) is 96.3 Å². The predicted molar refractivity (Wildman–Crippen MR) is 103 cm³/mol. The highest BCUT2D eigenvalue weighted by atomic mass is 16.5. The summed E-state index contributed by atoms with van der Waals surface area (Å²) in [5, 5.41) is 7.32. The first-order valence-corrected chi connectivity index (χ1v) is 10.3. The van der Waals surface area contributed by atoms with Gasteiger partial charge in [0.1, 0.15) is 0 Å². The SMILES string of the molecule is Cn1cnc([C@@H]2CN(C(=O)c3n[nH]c4c3CCC4)C[C@H]2C(=O)N2CCOCC2)c1. The van der Waals surface area contributed by atoms with E-state index in [0.29, 0.717) is 45.1 Å². The van der Waals surface area contributed by atoms with E-state index in [9.17, 15) is 9.59 Å². The minimum Gasteiger partial charge on any atom is -0.378 e. The number of ether oxygens (including phenoxy) is 1. The number of carbonyl (C=O) groups excluding carboxylic acids is 2. The molecule has 3 aliphatic rings. The molecule has 1 aliphatic carbocycles. The van der Waals surface area contributed by atoms with Crippen LogP contribution in [-0.4, -0.2) is 80.8 Å². The lowest BCUT2D eigenvalue weighted by atomic mass is 9.92. The number of amides is 2. The van der Waals surface area contributed by atoms with Gasteiger partial charge in [0.2, 0.25) is 5.91 Å². The highest BCUT2D eigenvalue weighted by molar-refractivity contribution is 5.95. The first kappa shape index (κ1) is 18.4. The Kier molecular flexibility index (Phi) is 4.61. The van der Waals surface area contributed by atoms with Crippen molar-refractivity contribution in [2.45, 2.75) is 25.2 Å². The van der Waals surface area contributed by atoms with Gasteiger partial charge in [0, 0.05) is 56.6 Å². The molecule has 9 nitrogen and oxygen atoms in total. The van der Waals surface area contributed by atoms with E-state index in [1.165, 1.54) is 0 Å². The first-order chi connectivity index (χ1) is 14.1. The van der Waals surface area contributed by atoms with Crippen molar-refractivity contribution in [3.05, 3.63) is 35.2 Å². The fourth-order valence-corrected chi connectivity index (χ4v) is 4.81. The predicted octanol–water partition coefficient (Wildman–Crippen LogP) is 0.347. The molecule has 2 fully saturated rings. The molecule has 5 rings (SSSR count). The van der Waals surface area contributed by atoms with Crippen LogP contribution in [0.3, 0.4) is 0 Å². The number of imidazole rings is 1. The number of aromatic nitrogens is 4. The van der Waals surface area contributed by atoms with Crippen LogP contribution in [-0.2, 0) is 29.4 Å². The second-order valence-corrected chi connectivity index (χ2v) is 8.21. The molecule has 9 heteroatoms. The van der Waals surface area contributed by atoms with E-state index in [1.807, 2.05) is 22.7 Å². The molecule has 0 radical (unpaired) electrons. The fourth-order valence-electron chi connectivity index (χ4n) is 4.81. The lowest BCUT2D eigenvalue weighted by molar-refractivity contribution is -0.139. The molecular weight excluding hydrogens is 372 g/mol. The van der Waals surface area contributed by atoms with Crippen LogP contribution >= 0.6 is 0 Å². The number of fused-ring (bicyclic) bond motifs is 1. The number of hydrogen-bond acceptors (Lipinski definition) is 5. The average molecular weight is 398 g/mol. The summed E-state index contributed by atoms with van der Waals surface area (Å²) in [6, 6.07) is 0. The van der Waals surface area contributed by atoms with Crippen LogP contribution in [0.25, 0.3) is 0 Å². The van der Waals surface area contributed by atoms with Crippen molar-refractivity contribution < 1.29 is 14.3 Å². The van der Waals surface area contributed by atoms with E-state index < -0.39 is 0 Å². The third-order valence-electron chi connectivity index (χ3n) is 6.36. The molecule has 2 aromatic heterocycles. The Hall–Kier alpha value is -2.68. The summed E-state index contributed by atoms with van der Waals surface area (Å²) in [7, 11) is 1.92. The second kappa shape index (κ2) is 7.29. The van der Waals surface area contributed by atoms with Crippen LogP contribution in [0, 0.1) is 5.92 Å². The molecule has 2 atom stereocenters. The monoisotopic (exact) mass is 398 g/mol. The summed E-state index contributed by atoms with van der Waals surface area (Å²) in [4.78, 5) is 34.7. The normalized spacial score (nSPS) is 24.2. The smallest absolute Gasteiger partial charge is 0.274 e. The van der Waals surface area contributed by atoms with Gasteiger partial charge in [0.05, 0.1) is 31.2 Å². The van der Waals surface area contributed by atoms with Crippen LogP contribution in [0.15, 0.2) is 12.5 Å². The maximum Gasteiger partial charge on any atom is 0.274 e. The molecule has 2 saturated heterocycles. The van der Waals surface area contributed by atoms with Crippen LogP contribution < -0.4 is 0 Å². The zero-order valence-corrected chi connectivity index (χ0v) is 16.6. The second-order valence-electron chi connectivity index (χ2n) is 8.21. The van der Waals surface area contributed by atoms with Crippen molar-refractivity contribution in [2.24, 2.45) is 13.0 Å². The summed E-state index contributed by atoms with van der Waals surface area (Å²) in [5.41, 5.74) is 3.51. The Labute approximate surface area is 169 Å². The van der Waals surface area contributed by atoms with Crippen LogP contribution in [0.2, 0.25) is 0 Å². The van der Waals surface area contributed by atoms with Gasteiger partial charge in [-0.2, -0.15) is 5.10 Å². The van der Waals surface area contributed by atoms with Gasteiger partial charge in [-0.05, 0) is 19.3 Å². The number of H-pyrrole nitrogens is 1. The minimum absolute atomic E-state index is 0.0809. The summed E-state index contributed by atoms with van der Waals surface area (Å²) >= 11 is 0. The number of likely N-dealkylation sites (tertiary alicyclic amines) is 1. The van der Waals surface area contributed by atoms with Crippen molar-refractivity contribution in [1.29, 1.82) is 0 Å². The fraction of sp³-hybridized carbons (Fsp3) is 0.600. The molecule has 4 heterocycles. The van der Waals surface area contributed by atoms with Crippen molar-refractivity contribution >= 4 is 11.8 Å². The number of aromatic amines is 1. The van der Waals surface area contributed by atoms with Gasteiger partial charge in [0.15, 0.2) is 5.69 Å². The molecular formula is C20H26N6O3. The zero-order chi connectivity index (χ0) is 20.0. The summed E-state index contributed by atoms with van der Waals surface area (Å²) < 4.78 is 7.28. The van der Waals surface area contributed by atoms with Gasteiger partial charge in [-0.25, -0.2) is 4.98 Å². The van der Waals surface area contributed by atoms with E-state index >= 15 is 0 Å². The number of hydrogen-bond donors (Lipinski definition) is 1. The van der Waals surface area contributed by atoms with E-state index in [4.69, 9.17) is 4.74 Å². The van der Waals surface area contributed by atoms with E-state index in [0.717, 1.165) is 36.2 Å². The molecule has 29 heavy (non-hydrogen) atoms. The zero-order valence-electron chi connectivity index (χ0n) is 16.6. The molecule has 2 aliphatic heterocycles. The Morgan fingerprint density at radius 2 is 2.00 bits per heavy atom. The quantitative estimate of drug-likeness (QED) is 0.805. The Balaban J connectivity index is 1.41. The first-order valence-electron chi connectivity index (χ1n) is 10.3. The van der Waals surface area contributed by atoms with Gasteiger partial charge in [-0.15, -0.1) is 0 Å². The lowest BCUT2D eigenvalue weighted by Crippen LogP contribution is -2.45. The molecule has 2 amide bonds. The maximum atomic E-state index is 13.3. The average Bonchev–Trinajstić information content (AvgIpc) is 3.50.